The minimum atomic E-state index is -0.983. The summed E-state index contributed by atoms with van der Waals surface area (Å²) in [5.74, 6) is 1.81. The number of aliphatic hydroxyl groups is 2. The molecule has 3 aromatic rings. The van der Waals surface area contributed by atoms with E-state index in [-0.39, 0.29) is 18.1 Å². The molecule has 4 rings (SSSR count). The Labute approximate surface area is 180 Å². The molecule has 10 nitrogen and oxygen atoms in total. The average Bonchev–Trinajstić information content (AvgIpc) is 3.48. The lowest BCUT2D eigenvalue weighted by atomic mass is 9.95. The molecule has 5 N–H and O–H groups in total. The summed E-state index contributed by atoms with van der Waals surface area (Å²) in [6.45, 7) is 4.26. The Hall–Kier alpha value is -2.95. The second-order valence-corrected chi connectivity index (χ2v) is 8.52. The van der Waals surface area contributed by atoms with E-state index in [9.17, 15) is 10.2 Å². The summed E-state index contributed by atoms with van der Waals surface area (Å²) in [4.78, 5) is 9.01. The first-order valence-electron chi connectivity index (χ1n) is 10.4. The van der Waals surface area contributed by atoms with E-state index in [1.807, 2.05) is 32.0 Å². The molecule has 1 saturated carbocycles. The van der Waals surface area contributed by atoms with Crippen molar-refractivity contribution in [3.63, 3.8) is 0 Å². The molecule has 0 aliphatic heterocycles. The predicted octanol–water partition coefficient (Wildman–Crippen LogP) is 2.05. The first-order chi connectivity index (χ1) is 14.9. The minimum absolute atomic E-state index is 0.00801. The number of nitrogens with zero attached hydrogens (tertiary/aromatic N) is 4. The number of nitrogens with one attached hydrogen (secondary N) is 3. The number of rotatable bonds is 10. The van der Waals surface area contributed by atoms with E-state index in [0.29, 0.717) is 35.3 Å². The number of hydrogen-bond donors (Lipinski definition) is 5. The van der Waals surface area contributed by atoms with Crippen LogP contribution in [0.2, 0.25) is 0 Å². The second kappa shape index (κ2) is 8.66. The Bertz CT molecular complexity index is 1050. The van der Waals surface area contributed by atoms with E-state index in [1.165, 1.54) is 0 Å². The number of hydrogen-bond acceptors (Lipinski definition) is 9. The highest BCUT2D eigenvalue weighted by molar-refractivity contribution is 5.67. The van der Waals surface area contributed by atoms with E-state index in [4.69, 9.17) is 4.74 Å². The first kappa shape index (κ1) is 21.3. The maximum atomic E-state index is 10.7. The van der Waals surface area contributed by atoms with Gasteiger partial charge >= 0.3 is 0 Å². The maximum Gasteiger partial charge on any atom is 0.238 e. The van der Waals surface area contributed by atoms with Crippen molar-refractivity contribution in [3.05, 3.63) is 36.2 Å². The van der Waals surface area contributed by atoms with Gasteiger partial charge in [0.15, 0.2) is 5.65 Å². The van der Waals surface area contributed by atoms with Crippen molar-refractivity contribution >= 4 is 23.0 Å². The van der Waals surface area contributed by atoms with Gasteiger partial charge in [0, 0.05) is 37.9 Å². The lowest BCUT2D eigenvalue weighted by Crippen LogP contribution is -2.34. The normalized spacial score (nSPS) is 15.1. The predicted molar refractivity (Wildman–Crippen MR) is 118 cm³/mol. The van der Waals surface area contributed by atoms with Gasteiger partial charge in [-0.1, -0.05) is 13.8 Å². The van der Waals surface area contributed by atoms with Crippen molar-refractivity contribution in [1.29, 1.82) is 0 Å². The van der Waals surface area contributed by atoms with Gasteiger partial charge in [-0.15, -0.1) is 0 Å². The summed E-state index contributed by atoms with van der Waals surface area (Å²) in [5, 5.41) is 34.0. The highest BCUT2D eigenvalue weighted by atomic mass is 16.5. The van der Waals surface area contributed by atoms with Crippen LogP contribution in [0.1, 0.15) is 38.5 Å². The third-order valence-corrected chi connectivity index (χ3v) is 5.09. The number of anilines is 3. The van der Waals surface area contributed by atoms with Crippen molar-refractivity contribution in [2.24, 2.45) is 5.41 Å². The van der Waals surface area contributed by atoms with E-state index < -0.39 is 6.23 Å². The summed E-state index contributed by atoms with van der Waals surface area (Å²) in [6, 6.07) is 5.55. The van der Waals surface area contributed by atoms with E-state index in [2.05, 4.69) is 31.0 Å². The highest BCUT2D eigenvalue weighted by Gasteiger charge is 2.26. The number of fused-ring (bicyclic) bond motifs is 1. The van der Waals surface area contributed by atoms with Crippen LogP contribution in [-0.4, -0.2) is 56.1 Å². The topological polar surface area (TPSA) is 129 Å². The lowest BCUT2D eigenvalue weighted by Gasteiger charge is -2.24. The largest absolute Gasteiger partial charge is 0.473 e. The maximum absolute atomic E-state index is 10.7. The van der Waals surface area contributed by atoms with Gasteiger partial charge in [0.2, 0.25) is 5.88 Å². The fraction of sp³-hybridized carbons (Fsp3) is 0.476. The summed E-state index contributed by atoms with van der Waals surface area (Å²) in [6.07, 6.45) is 4.61. The second-order valence-electron chi connectivity index (χ2n) is 8.52. The molecule has 0 bridgehead atoms. The smallest absolute Gasteiger partial charge is 0.238 e. The number of ether oxygens (including phenoxy) is 1. The number of aliphatic hydroxyl groups excluding tert-OH is 2. The van der Waals surface area contributed by atoms with Crippen LogP contribution >= 0.6 is 0 Å². The fourth-order valence-electron chi connectivity index (χ4n) is 3.02. The zero-order chi connectivity index (χ0) is 22.0. The highest BCUT2D eigenvalue weighted by Crippen LogP contribution is 2.32. The van der Waals surface area contributed by atoms with Gasteiger partial charge in [0.05, 0.1) is 11.8 Å². The molecule has 10 heteroatoms. The number of pyridine rings is 1. The number of aromatic nitrogens is 4. The molecular weight excluding hydrogens is 398 g/mol. The molecule has 31 heavy (non-hydrogen) atoms. The third kappa shape index (κ3) is 4.87. The van der Waals surface area contributed by atoms with Crippen LogP contribution in [0.3, 0.4) is 0 Å². The zero-order valence-electron chi connectivity index (χ0n) is 18.0. The molecule has 1 atom stereocenters. The SMILES string of the molecule is CNc1cc(Nc2cccnc2OC2CC2)nc2c(C(O)NCC(C)(C)CO)cnn12. The minimum Gasteiger partial charge on any atom is -0.473 e. The van der Waals surface area contributed by atoms with Gasteiger partial charge in [-0.25, -0.2) is 9.97 Å². The molecule has 3 aromatic heterocycles. The Balaban J connectivity index is 1.62. The molecule has 0 radical (unpaired) electrons. The molecule has 3 heterocycles. The summed E-state index contributed by atoms with van der Waals surface area (Å²) in [5.41, 5.74) is 1.40. The molecule has 0 saturated heterocycles. The monoisotopic (exact) mass is 427 g/mol. The van der Waals surface area contributed by atoms with Gasteiger partial charge in [0.25, 0.3) is 0 Å². The van der Waals surface area contributed by atoms with Gasteiger partial charge in [-0.3, -0.25) is 5.32 Å². The van der Waals surface area contributed by atoms with Gasteiger partial charge in [0.1, 0.15) is 29.7 Å². The molecule has 0 spiro atoms. The molecule has 1 fully saturated rings. The van der Waals surface area contributed by atoms with Gasteiger partial charge in [-0.05, 0) is 25.0 Å². The van der Waals surface area contributed by atoms with Crippen LogP contribution < -0.4 is 20.7 Å². The van der Waals surface area contributed by atoms with Crippen molar-refractivity contribution in [3.8, 4) is 5.88 Å². The molecule has 0 aromatic carbocycles. The van der Waals surface area contributed by atoms with Crippen LogP contribution in [0.4, 0.5) is 17.3 Å². The van der Waals surface area contributed by atoms with Crippen molar-refractivity contribution in [2.45, 2.75) is 39.0 Å². The lowest BCUT2D eigenvalue weighted by molar-refractivity contribution is 0.0983. The molecule has 0 amide bonds. The molecular formula is C21H29N7O3. The standard InChI is InChI=1S/C21H29N7O3/c1-21(2,12-29)11-24-19(30)14-10-25-28-17(22-3)9-16(27-18(14)28)26-15-5-4-8-23-20(15)31-13-6-7-13/h4-5,8-10,13,19,22,24,29-30H,6-7,11-12H2,1-3H3,(H,26,27). The first-order valence-corrected chi connectivity index (χ1v) is 10.4. The van der Waals surface area contributed by atoms with E-state index in [0.717, 1.165) is 18.5 Å². The zero-order valence-corrected chi connectivity index (χ0v) is 18.0. The quantitative estimate of drug-likeness (QED) is 0.309. The van der Waals surface area contributed by atoms with Crippen LogP contribution in [0, 0.1) is 5.41 Å². The van der Waals surface area contributed by atoms with Crippen LogP contribution in [-0.2, 0) is 0 Å². The van der Waals surface area contributed by atoms with Gasteiger partial charge in [-0.2, -0.15) is 9.61 Å². The van der Waals surface area contributed by atoms with Crippen LogP contribution in [0.5, 0.6) is 5.88 Å². The fourth-order valence-corrected chi connectivity index (χ4v) is 3.02. The molecule has 166 valence electrons. The van der Waals surface area contributed by atoms with E-state index >= 15 is 0 Å². The van der Waals surface area contributed by atoms with Gasteiger partial charge < -0.3 is 25.6 Å². The van der Waals surface area contributed by atoms with E-state index in [1.54, 1.807) is 24.0 Å². The average molecular weight is 428 g/mol. The van der Waals surface area contributed by atoms with Crippen LogP contribution in [0.25, 0.3) is 5.65 Å². The van der Waals surface area contributed by atoms with Crippen molar-refractivity contribution in [1.82, 2.24) is 24.9 Å². The Morgan fingerprint density at radius 1 is 1.35 bits per heavy atom. The Morgan fingerprint density at radius 3 is 2.87 bits per heavy atom. The molecule has 1 aliphatic rings. The molecule has 1 unspecified atom stereocenters. The summed E-state index contributed by atoms with van der Waals surface area (Å²) < 4.78 is 7.52. The summed E-state index contributed by atoms with van der Waals surface area (Å²) in [7, 11) is 1.80. The third-order valence-electron chi connectivity index (χ3n) is 5.09. The Kier molecular flexibility index (Phi) is 5.94. The Morgan fingerprint density at radius 2 is 2.16 bits per heavy atom. The van der Waals surface area contributed by atoms with Crippen LogP contribution in [0.15, 0.2) is 30.6 Å². The van der Waals surface area contributed by atoms with Crippen molar-refractivity contribution in [2.75, 3.05) is 30.8 Å². The van der Waals surface area contributed by atoms with Crippen molar-refractivity contribution < 1.29 is 14.9 Å². The summed E-state index contributed by atoms with van der Waals surface area (Å²) >= 11 is 0. The molecule has 1 aliphatic carbocycles.